The lowest BCUT2D eigenvalue weighted by Gasteiger charge is -1.98. The van der Waals surface area contributed by atoms with Crippen LogP contribution in [0.1, 0.15) is 0 Å². The van der Waals surface area contributed by atoms with Gasteiger partial charge < -0.3 is 10.3 Å². The van der Waals surface area contributed by atoms with Crippen LogP contribution in [0.2, 0.25) is 0 Å². The Bertz CT molecular complexity index is 680. The fourth-order valence-electron chi connectivity index (χ4n) is 1.43. The van der Waals surface area contributed by atoms with E-state index in [-0.39, 0.29) is 0 Å². The van der Waals surface area contributed by atoms with Gasteiger partial charge in [0.05, 0.1) is 5.51 Å². The first-order valence-electron chi connectivity index (χ1n) is 5.02. The van der Waals surface area contributed by atoms with Crippen molar-refractivity contribution in [3.8, 4) is 23.0 Å². The number of aromatic nitrogens is 3. The van der Waals surface area contributed by atoms with Crippen LogP contribution in [0.5, 0.6) is 0 Å². The van der Waals surface area contributed by atoms with Gasteiger partial charge in [0, 0.05) is 21.1 Å². The molecule has 0 aliphatic heterocycles. The van der Waals surface area contributed by atoms with E-state index in [9.17, 15) is 0 Å². The molecule has 0 amide bonds. The standard InChI is InChI=1S/C11H7BrN4OS/c12-7-3-6(1-2-8(7)13)11-15-10(16-17-11)9-4-18-5-14-9/h1-5H,13H2. The van der Waals surface area contributed by atoms with E-state index in [0.717, 1.165) is 10.0 Å². The first-order chi connectivity index (χ1) is 8.74. The molecule has 2 N–H and O–H groups in total. The van der Waals surface area contributed by atoms with Crippen LogP contribution in [0, 0.1) is 0 Å². The molecule has 2 aromatic heterocycles. The summed E-state index contributed by atoms with van der Waals surface area (Å²) in [4.78, 5) is 8.43. The van der Waals surface area contributed by atoms with Crippen molar-refractivity contribution in [1.29, 1.82) is 0 Å². The van der Waals surface area contributed by atoms with Gasteiger partial charge in [0.2, 0.25) is 5.82 Å². The van der Waals surface area contributed by atoms with Crippen LogP contribution in [0.4, 0.5) is 5.69 Å². The van der Waals surface area contributed by atoms with Gasteiger partial charge >= 0.3 is 0 Å². The summed E-state index contributed by atoms with van der Waals surface area (Å²) < 4.78 is 6.01. The molecular weight excluding hydrogens is 316 g/mol. The minimum absolute atomic E-state index is 0.443. The third-order valence-corrected chi connectivity index (χ3v) is 3.61. The van der Waals surface area contributed by atoms with E-state index in [1.54, 1.807) is 11.6 Å². The van der Waals surface area contributed by atoms with Crippen LogP contribution in [0.25, 0.3) is 23.0 Å². The number of hydrogen-bond acceptors (Lipinski definition) is 6. The third-order valence-electron chi connectivity index (χ3n) is 2.33. The molecule has 0 bridgehead atoms. The molecule has 0 saturated carbocycles. The van der Waals surface area contributed by atoms with Gasteiger partial charge in [-0.2, -0.15) is 4.98 Å². The zero-order valence-corrected chi connectivity index (χ0v) is 11.4. The highest BCUT2D eigenvalue weighted by Crippen LogP contribution is 2.27. The van der Waals surface area contributed by atoms with Gasteiger partial charge in [0.15, 0.2) is 0 Å². The average Bonchev–Trinajstić information content (AvgIpc) is 3.01. The Kier molecular flexibility index (Phi) is 2.85. The first kappa shape index (κ1) is 11.4. The van der Waals surface area contributed by atoms with Crippen molar-refractivity contribution in [2.45, 2.75) is 0 Å². The van der Waals surface area contributed by atoms with Crippen molar-refractivity contribution in [2.24, 2.45) is 0 Å². The summed E-state index contributed by atoms with van der Waals surface area (Å²) in [5.74, 6) is 0.929. The molecular formula is C11H7BrN4OS. The highest BCUT2D eigenvalue weighted by molar-refractivity contribution is 9.10. The maximum absolute atomic E-state index is 5.73. The molecule has 0 radical (unpaired) electrons. The summed E-state index contributed by atoms with van der Waals surface area (Å²) in [6, 6.07) is 5.46. The lowest BCUT2D eigenvalue weighted by Crippen LogP contribution is -1.87. The summed E-state index contributed by atoms with van der Waals surface area (Å²) in [5.41, 5.74) is 9.64. The maximum Gasteiger partial charge on any atom is 0.258 e. The Hall–Kier alpha value is -1.73. The third kappa shape index (κ3) is 2.02. The van der Waals surface area contributed by atoms with Crippen LogP contribution < -0.4 is 5.73 Å². The Labute approximate surface area is 115 Å². The van der Waals surface area contributed by atoms with Gasteiger partial charge in [0.1, 0.15) is 5.69 Å². The van der Waals surface area contributed by atoms with E-state index in [0.29, 0.717) is 23.1 Å². The largest absolute Gasteiger partial charge is 0.398 e. The first-order valence-corrected chi connectivity index (χ1v) is 6.75. The van der Waals surface area contributed by atoms with Crippen molar-refractivity contribution in [3.63, 3.8) is 0 Å². The van der Waals surface area contributed by atoms with E-state index >= 15 is 0 Å². The normalized spacial score (nSPS) is 10.7. The second kappa shape index (κ2) is 4.51. The van der Waals surface area contributed by atoms with E-state index in [1.807, 2.05) is 17.5 Å². The monoisotopic (exact) mass is 322 g/mol. The maximum atomic E-state index is 5.73. The lowest BCUT2D eigenvalue weighted by molar-refractivity contribution is 0.432. The predicted molar refractivity (Wildman–Crippen MR) is 73.0 cm³/mol. The van der Waals surface area contributed by atoms with E-state index in [2.05, 4.69) is 31.1 Å². The summed E-state index contributed by atoms with van der Waals surface area (Å²) in [6.07, 6.45) is 0. The number of halogens is 1. The molecule has 0 atom stereocenters. The highest BCUT2D eigenvalue weighted by Gasteiger charge is 2.12. The molecule has 3 rings (SSSR count). The van der Waals surface area contributed by atoms with Gasteiger partial charge in [-0.15, -0.1) is 11.3 Å². The second-order valence-electron chi connectivity index (χ2n) is 3.53. The molecule has 0 unspecified atom stereocenters. The van der Waals surface area contributed by atoms with Gasteiger partial charge in [-0.25, -0.2) is 4.98 Å². The molecule has 0 spiro atoms. The Morgan fingerprint density at radius 1 is 1.33 bits per heavy atom. The van der Waals surface area contributed by atoms with Crippen molar-refractivity contribution < 1.29 is 4.52 Å². The molecule has 2 heterocycles. The molecule has 90 valence electrons. The van der Waals surface area contributed by atoms with Crippen molar-refractivity contribution in [3.05, 3.63) is 33.6 Å². The van der Waals surface area contributed by atoms with Crippen LogP contribution in [0.3, 0.4) is 0 Å². The zero-order valence-electron chi connectivity index (χ0n) is 9.00. The van der Waals surface area contributed by atoms with Gasteiger partial charge in [-0.05, 0) is 34.1 Å². The summed E-state index contributed by atoms with van der Waals surface area (Å²) in [5, 5.41) is 5.77. The van der Waals surface area contributed by atoms with E-state index in [4.69, 9.17) is 10.3 Å². The zero-order chi connectivity index (χ0) is 12.5. The second-order valence-corrected chi connectivity index (χ2v) is 5.11. The Morgan fingerprint density at radius 2 is 2.22 bits per heavy atom. The number of nitrogen functional groups attached to an aromatic ring is 1. The van der Waals surface area contributed by atoms with Gasteiger partial charge in [0.25, 0.3) is 5.89 Å². The summed E-state index contributed by atoms with van der Waals surface area (Å²) in [7, 11) is 0. The van der Waals surface area contributed by atoms with Gasteiger partial charge in [-0.3, -0.25) is 0 Å². The molecule has 0 saturated heterocycles. The Balaban J connectivity index is 2.00. The number of anilines is 1. The highest BCUT2D eigenvalue weighted by atomic mass is 79.9. The quantitative estimate of drug-likeness (QED) is 0.733. The number of nitrogens with zero attached hydrogens (tertiary/aromatic N) is 3. The molecule has 5 nitrogen and oxygen atoms in total. The minimum Gasteiger partial charge on any atom is -0.398 e. The Morgan fingerprint density at radius 3 is 2.94 bits per heavy atom. The SMILES string of the molecule is Nc1ccc(-c2nc(-c3cscn3)no2)cc1Br. The molecule has 3 aromatic rings. The lowest BCUT2D eigenvalue weighted by atomic mass is 10.2. The number of nitrogens with two attached hydrogens (primary N) is 1. The molecule has 0 fully saturated rings. The van der Waals surface area contributed by atoms with Crippen LogP contribution in [-0.4, -0.2) is 15.1 Å². The fourth-order valence-corrected chi connectivity index (χ4v) is 2.34. The van der Waals surface area contributed by atoms with Gasteiger partial charge in [-0.1, -0.05) is 5.16 Å². The van der Waals surface area contributed by atoms with E-state index in [1.165, 1.54) is 11.3 Å². The molecule has 0 aliphatic carbocycles. The van der Waals surface area contributed by atoms with E-state index < -0.39 is 0 Å². The van der Waals surface area contributed by atoms with Crippen molar-refractivity contribution in [2.75, 3.05) is 5.73 Å². The van der Waals surface area contributed by atoms with Crippen LogP contribution in [-0.2, 0) is 0 Å². The van der Waals surface area contributed by atoms with Crippen molar-refractivity contribution >= 4 is 33.0 Å². The number of benzene rings is 1. The smallest absolute Gasteiger partial charge is 0.258 e. The number of thiazole rings is 1. The molecule has 0 aliphatic rings. The summed E-state index contributed by atoms with van der Waals surface area (Å²) >= 11 is 4.85. The topological polar surface area (TPSA) is 77.8 Å². The number of rotatable bonds is 2. The minimum atomic E-state index is 0.443. The van der Waals surface area contributed by atoms with Crippen LogP contribution >= 0.6 is 27.3 Å². The summed E-state index contributed by atoms with van der Waals surface area (Å²) in [6.45, 7) is 0. The average molecular weight is 323 g/mol. The molecule has 7 heteroatoms. The molecule has 18 heavy (non-hydrogen) atoms. The van der Waals surface area contributed by atoms with Crippen LogP contribution in [0.15, 0.2) is 38.1 Å². The van der Waals surface area contributed by atoms with Crippen molar-refractivity contribution in [1.82, 2.24) is 15.1 Å². The molecule has 1 aromatic carbocycles. The fraction of sp³-hybridized carbons (Fsp3) is 0. The predicted octanol–water partition coefficient (Wildman–Crippen LogP) is 3.20. The number of hydrogen-bond donors (Lipinski definition) is 1.